The summed E-state index contributed by atoms with van der Waals surface area (Å²) >= 11 is 0. The molecule has 2 fully saturated rings. The van der Waals surface area contributed by atoms with Gasteiger partial charge in [0.1, 0.15) is 5.82 Å². The summed E-state index contributed by atoms with van der Waals surface area (Å²) in [5, 5.41) is 2.81. The Morgan fingerprint density at radius 2 is 1.59 bits per heavy atom. The molecule has 0 radical (unpaired) electrons. The minimum atomic E-state index is -0.600. The summed E-state index contributed by atoms with van der Waals surface area (Å²) in [4.78, 5) is 35.5. The maximum Gasteiger partial charge on any atom is 0.313 e. The number of morpholine rings is 1. The smallest absolute Gasteiger partial charge is 0.313 e. The first kappa shape index (κ1) is 19.2. The molecule has 2 saturated heterocycles. The van der Waals surface area contributed by atoms with Crippen molar-refractivity contribution in [2.24, 2.45) is 0 Å². The number of benzene rings is 1. The second-order valence-electron chi connectivity index (χ2n) is 7.04. The molecular formula is C21H25N5O3. The molecule has 2 aromatic rings. The fourth-order valence-corrected chi connectivity index (χ4v) is 3.66. The van der Waals surface area contributed by atoms with E-state index in [1.54, 1.807) is 11.1 Å². The van der Waals surface area contributed by atoms with Gasteiger partial charge in [0, 0.05) is 45.5 Å². The lowest BCUT2D eigenvalue weighted by molar-refractivity contribution is -0.143. The van der Waals surface area contributed by atoms with Crippen LogP contribution in [-0.4, -0.2) is 74.2 Å². The molecule has 3 heterocycles. The van der Waals surface area contributed by atoms with E-state index in [4.69, 9.17) is 4.74 Å². The Labute approximate surface area is 170 Å². The molecule has 1 aromatic carbocycles. The predicted molar refractivity (Wildman–Crippen MR) is 111 cm³/mol. The maximum atomic E-state index is 12.7. The highest BCUT2D eigenvalue weighted by Crippen LogP contribution is 2.26. The second-order valence-corrected chi connectivity index (χ2v) is 7.04. The van der Waals surface area contributed by atoms with Crippen LogP contribution in [0.1, 0.15) is 0 Å². The fourth-order valence-electron chi connectivity index (χ4n) is 3.66. The number of anilines is 3. The number of hydrogen-bond donors (Lipinski definition) is 1. The van der Waals surface area contributed by atoms with Gasteiger partial charge in [0.15, 0.2) is 0 Å². The summed E-state index contributed by atoms with van der Waals surface area (Å²) in [6.07, 6.45) is 1.76. The van der Waals surface area contributed by atoms with Crippen LogP contribution in [0.3, 0.4) is 0 Å². The van der Waals surface area contributed by atoms with Gasteiger partial charge in [-0.25, -0.2) is 4.98 Å². The molecule has 4 rings (SSSR count). The van der Waals surface area contributed by atoms with E-state index in [0.29, 0.717) is 45.1 Å². The van der Waals surface area contributed by atoms with Crippen LogP contribution in [-0.2, 0) is 14.3 Å². The van der Waals surface area contributed by atoms with Crippen LogP contribution in [0, 0.1) is 0 Å². The van der Waals surface area contributed by atoms with Crippen LogP contribution in [0.15, 0.2) is 48.7 Å². The van der Waals surface area contributed by atoms with Crippen molar-refractivity contribution in [2.45, 2.75) is 0 Å². The Bertz CT molecular complexity index is 846. The highest BCUT2D eigenvalue weighted by atomic mass is 16.5. The normalized spacial score (nSPS) is 17.2. The quantitative estimate of drug-likeness (QED) is 0.787. The average Bonchev–Trinajstić information content (AvgIpc) is 2.80. The Kier molecular flexibility index (Phi) is 5.90. The number of nitrogens with zero attached hydrogens (tertiary/aromatic N) is 4. The van der Waals surface area contributed by atoms with Gasteiger partial charge in [0.25, 0.3) is 0 Å². The number of para-hydroxylation sites is 2. The van der Waals surface area contributed by atoms with Gasteiger partial charge in [0.05, 0.1) is 24.6 Å². The molecule has 0 bridgehead atoms. The number of hydrogen-bond acceptors (Lipinski definition) is 6. The zero-order chi connectivity index (χ0) is 20.1. The number of aromatic nitrogens is 1. The number of carbonyl (C=O) groups is 2. The third kappa shape index (κ3) is 4.48. The number of amides is 2. The molecule has 0 saturated carbocycles. The van der Waals surface area contributed by atoms with Crippen molar-refractivity contribution in [3.05, 3.63) is 48.7 Å². The number of pyridine rings is 1. The predicted octanol–water partition coefficient (Wildman–Crippen LogP) is 1.21. The number of nitrogens with one attached hydrogen (secondary N) is 1. The highest BCUT2D eigenvalue weighted by Gasteiger charge is 2.27. The van der Waals surface area contributed by atoms with Gasteiger partial charge >= 0.3 is 11.8 Å². The van der Waals surface area contributed by atoms with Crippen LogP contribution in [0.2, 0.25) is 0 Å². The highest BCUT2D eigenvalue weighted by molar-refractivity contribution is 6.39. The molecular weight excluding hydrogens is 370 g/mol. The first-order valence-corrected chi connectivity index (χ1v) is 9.90. The van der Waals surface area contributed by atoms with E-state index >= 15 is 0 Å². The number of rotatable bonds is 3. The molecule has 29 heavy (non-hydrogen) atoms. The average molecular weight is 395 g/mol. The van der Waals surface area contributed by atoms with Gasteiger partial charge in [-0.15, -0.1) is 0 Å². The van der Waals surface area contributed by atoms with Crippen molar-refractivity contribution >= 4 is 29.0 Å². The molecule has 2 amide bonds. The van der Waals surface area contributed by atoms with Crippen LogP contribution < -0.4 is 15.1 Å². The van der Waals surface area contributed by atoms with Crippen LogP contribution in [0.5, 0.6) is 0 Å². The van der Waals surface area contributed by atoms with E-state index in [-0.39, 0.29) is 0 Å². The molecule has 2 aliphatic rings. The van der Waals surface area contributed by atoms with Crippen molar-refractivity contribution in [1.29, 1.82) is 0 Å². The Morgan fingerprint density at radius 1 is 0.862 bits per heavy atom. The first-order valence-electron chi connectivity index (χ1n) is 9.90. The van der Waals surface area contributed by atoms with Gasteiger partial charge in [0.2, 0.25) is 0 Å². The molecule has 152 valence electrons. The van der Waals surface area contributed by atoms with Gasteiger partial charge in [-0.3, -0.25) is 9.59 Å². The van der Waals surface area contributed by atoms with E-state index < -0.39 is 11.8 Å². The summed E-state index contributed by atoms with van der Waals surface area (Å²) < 4.78 is 5.40. The van der Waals surface area contributed by atoms with Crippen molar-refractivity contribution < 1.29 is 14.3 Å². The molecule has 0 spiro atoms. The molecule has 0 aliphatic carbocycles. The van der Waals surface area contributed by atoms with E-state index in [9.17, 15) is 9.59 Å². The monoisotopic (exact) mass is 395 g/mol. The Morgan fingerprint density at radius 3 is 2.31 bits per heavy atom. The maximum absolute atomic E-state index is 12.7. The van der Waals surface area contributed by atoms with Crippen LogP contribution in [0.25, 0.3) is 0 Å². The first-order chi connectivity index (χ1) is 14.2. The van der Waals surface area contributed by atoms with Gasteiger partial charge < -0.3 is 24.8 Å². The van der Waals surface area contributed by atoms with Crippen LogP contribution in [0.4, 0.5) is 17.2 Å². The van der Waals surface area contributed by atoms with Gasteiger partial charge in [-0.1, -0.05) is 18.2 Å². The second kappa shape index (κ2) is 8.91. The number of carbonyl (C=O) groups excluding carboxylic acids is 2. The third-order valence-electron chi connectivity index (χ3n) is 5.24. The summed E-state index contributed by atoms with van der Waals surface area (Å²) in [7, 11) is 0. The van der Waals surface area contributed by atoms with E-state index in [1.165, 1.54) is 0 Å². The molecule has 0 atom stereocenters. The summed E-state index contributed by atoms with van der Waals surface area (Å²) in [6.45, 7) is 5.12. The summed E-state index contributed by atoms with van der Waals surface area (Å²) in [6, 6.07) is 13.3. The third-order valence-corrected chi connectivity index (χ3v) is 5.24. The SMILES string of the molecule is O=C(Nc1ccccc1N1CCOCC1)C(=O)N1CCN(c2ccccn2)CC1. The molecule has 0 unspecified atom stereocenters. The van der Waals surface area contributed by atoms with E-state index in [2.05, 4.69) is 20.1 Å². The zero-order valence-electron chi connectivity index (χ0n) is 16.3. The lowest BCUT2D eigenvalue weighted by Gasteiger charge is -2.35. The Hall–Kier alpha value is -3.13. The van der Waals surface area contributed by atoms with Crippen molar-refractivity contribution in [1.82, 2.24) is 9.88 Å². The number of piperazine rings is 1. The molecule has 1 aromatic heterocycles. The van der Waals surface area contributed by atoms with Gasteiger partial charge in [-0.05, 0) is 24.3 Å². The van der Waals surface area contributed by atoms with Gasteiger partial charge in [-0.2, -0.15) is 0 Å². The van der Waals surface area contributed by atoms with Crippen molar-refractivity contribution in [3.8, 4) is 0 Å². The van der Waals surface area contributed by atoms with E-state index in [0.717, 1.165) is 24.6 Å². The van der Waals surface area contributed by atoms with E-state index in [1.807, 2.05) is 42.5 Å². The minimum Gasteiger partial charge on any atom is -0.378 e. The molecule has 8 nitrogen and oxygen atoms in total. The lowest BCUT2D eigenvalue weighted by atomic mass is 10.2. The lowest BCUT2D eigenvalue weighted by Crippen LogP contribution is -2.51. The van der Waals surface area contributed by atoms with Crippen molar-refractivity contribution in [3.63, 3.8) is 0 Å². The summed E-state index contributed by atoms with van der Waals surface area (Å²) in [5.41, 5.74) is 1.57. The number of ether oxygens (including phenoxy) is 1. The standard InChI is InChI=1S/C21H25N5O3/c27-20(23-17-5-1-2-6-18(17)24-13-15-29-16-14-24)21(28)26-11-9-25(10-12-26)19-7-3-4-8-22-19/h1-8H,9-16H2,(H,23,27). The Balaban J connectivity index is 1.36. The van der Waals surface area contributed by atoms with Crippen molar-refractivity contribution in [2.75, 3.05) is 67.6 Å². The molecule has 2 aliphatic heterocycles. The molecule has 8 heteroatoms. The zero-order valence-corrected chi connectivity index (χ0v) is 16.3. The topological polar surface area (TPSA) is 78.0 Å². The molecule has 1 N–H and O–H groups in total. The minimum absolute atomic E-state index is 0.494. The largest absolute Gasteiger partial charge is 0.378 e. The fraction of sp³-hybridized carbons (Fsp3) is 0.381. The van der Waals surface area contributed by atoms with Crippen LogP contribution >= 0.6 is 0 Å². The summed E-state index contributed by atoms with van der Waals surface area (Å²) in [5.74, 6) is -0.206.